The molecule has 0 amide bonds. The minimum atomic E-state index is 0.236. The van der Waals surface area contributed by atoms with Gasteiger partial charge in [0, 0.05) is 30.2 Å². The zero-order chi connectivity index (χ0) is 6.81. The van der Waals surface area contributed by atoms with Gasteiger partial charge in [0.1, 0.15) is 6.17 Å². The van der Waals surface area contributed by atoms with Gasteiger partial charge in [0.05, 0.1) is 0 Å². The Morgan fingerprint density at radius 3 is 3.40 bits per heavy atom. The Balaban J connectivity index is 2.21. The number of nitrogens with one attached hydrogen (secondary N) is 1. The number of hydrogen-bond donors (Lipinski definition) is 1. The van der Waals surface area contributed by atoms with E-state index in [0.717, 1.165) is 0 Å². The van der Waals surface area contributed by atoms with Gasteiger partial charge < -0.3 is 4.90 Å². The fourth-order valence-electron chi connectivity index (χ4n) is 0.860. The van der Waals surface area contributed by atoms with Crippen molar-refractivity contribution in [3.05, 3.63) is 24.0 Å². The Morgan fingerprint density at radius 1 is 1.50 bits per heavy atom. The number of fused-ring (bicyclic) bond motifs is 1. The van der Waals surface area contributed by atoms with Gasteiger partial charge >= 0.3 is 0 Å². The van der Waals surface area contributed by atoms with Crippen molar-refractivity contribution in [2.45, 2.75) is 6.17 Å². The van der Waals surface area contributed by atoms with E-state index in [-0.39, 0.29) is 6.17 Å². The van der Waals surface area contributed by atoms with E-state index in [9.17, 15) is 0 Å². The molecule has 0 saturated carbocycles. The first-order valence-corrected chi connectivity index (χ1v) is 3.90. The maximum Gasteiger partial charge on any atom is 0.129 e. The highest BCUT2D eigenvalue weighted by Crippen LogP contribution is 2.13. The van der Waals surface area contributed by atoms with Gasteiger partial charge in [-0.3, -0.25) is 4.99 Å². The van der Waals surface area contributed by atoms with E-state index in [4.69, 9.17) is 0 Å². The van der Waals surface area contributed by atoms with Crippen molar-refractivity contribution in [2.24, 2.45) is 4.99 Å². The summed E-state index contributed by atoms with van der Waals surface area (Å²) in [6.45, 7) is 0. The molecule has 0 bridgehead atoms. The zero-order valence-electron chi connectivity index (χ0n) is 5.27. The molecule has 0 aliphatic carbocycles. The molecule has 0 aromatic carbocycles. The second kappa shape index (κ2) is 2.48. The van der Waals surface area contributed by atoms with Crippen LogP contribution in [0.15, 0.2) is 29.0 Å². The fraction of sp³-hybridized carbons (Fsp3) is 0.167. The Labute approximate surface area is 63.6 Å². The summed E-state index contributed by atoms with van der Waals surface area (Å²) in [5.41, 5.74) is 0. The van der Waals surface area contributed by atoms with Crippen molar-refractivity contribution in [1.29, 1.82) is 0 Å². The average Bonchev–Trinajstić information content (AvgIpc) is 2.05. The first-order chi connectivity index (χ1) is 4.97. The van der Waals surface area contributed by atoms with Crippen molar-refractivity contribution in [3.63, 3.8) is 0 Å². The molecule has 2 aliphatic rings. The van der Waals surface area contributed by atoms with Crippen LogP contribution >= 0.6 is 11.9 Å². The lowest BCUT2D eigenvalue weighted by Gasteiger charge is -2.28. The van der Waals surface area contributed by atoms with Crippen molar-refractivity contribution in [1.82, 2.24) is 9.62 Å². The monoisotopic (exact) mass is 153 g/mol. The predicted molar refractivity (Wildman–Crippen MR) is 43.1 cm³/mol. The molecule has 3 nitrogen and oxygen atoms in total. The van der Waals surface area contributed by atoms with E-state index in [0.29, 0.717) is 0 Å². The highest BCUT2D eigenvalue weighted by molar-refractivity contribution is 8.00. The molecule has 1 unspecified atom stereocenters. The molecule has 10 heavy (non-hydrogen) atoms. The van der Waals surface area contributed by atoms with Crippen LogP contribution in [0.4, 0.5) is 0 Å². The molecular weight excluding hydrogens is 146 g/mol. The van der Waals surface area contributed by atoms with Crippen LogP contribution in [0.3, 0.4) is 0 Å². The van der Waals surface area contributed by atoms with Gasteiger partial charge in [-0.25, -0.2) is 4.72 Å². The lowest BCUT2D eigenvalue weighted by Crippen LogP contribution is -2.40. The Morgan fingerprint density at radius 2 is 2.50 bits per heavy atom. The molecule has 0 aromatic rings. The smallest absolute Gasteiger partial charge is 0.129 e. The molecule has 0 aromatic heterocycles. The summed E-state index contributed by atoms with van der Waals surface area (Å²) < 4.78 is 3.18. The van der Waals surface area contributed by atoms with Gasteiger partial charge in [-0.1, -0.05) is 0 Å². The second-order valence-electron chi connectivity index (χ2n) is 2.01. The number of rotatable bonds is 0. The number of aliphatic imine (C=N–C) groups is 1. The summed E-state index contributed by atoms with van der Waals surface area (Å²) in [7, 11) is 0. The van der Waals surface area contributed by atoms with Crippen molar-refractivity contribution >= 4 is 18.2 Å². The predicted octanol–water partition coefficient (Wildman–Crippen LogP) is 0.893. The standard InChI is InChI=1S/C6H7N3S/c1-2-9-3-4-10-8-6(9)5-7-1/h1-6,8H. The van der Waals surface area contributed by atoms with Crippen LogP contribution in [0.2, 0.25) is 0 Å². The maximum atomic E-state index is 4.00. The first kappa shape index (κ1) is 6.00. The quantitative estimate of drug-likeness (QED) is 0.524. The molecule has 0 radical (unpaired) electrons. The van der Waals surface area contributed by atoms with Gasteiger partial charge in [0.15, 0.2) is 0 Å². The third kappa shape index (κ3) is 0.955. The summed E-state index contributed by atoms with van der Waals surface area (Å²) in [5, 5.41) is 2.00. The lowest BCUT2D eigenvalue weighted by atomic mass is 10.4. The molecule has 0 saturated heterocycles. The van der Waals surface area contributed by atoms with Gasteiger partial charge in [-0.05, 0) is 11.9 Å². The molecule has 1 atom stereocenters. The molecule has 2 heterocycles. The largest absolute Gasteiger partial charge is 0.331 e. The van der Waals surface area contributed by atoms with E-state index in [1.165, 1.54) is 0 Å². The van der Waals surface area contributed by atoms with E-state index >= 15 is 0 Å². The molecule has 52 valence electrons. The molecule has 2 aliphatic heterocycles. The summed E-state index contributed by atoms with van der Waals surface area (Å²) in [5.74, 6) is 0. The van der Waals surface area contributed by atoms with Crippen LogP contribution in [-0.4, -0.2) is 17.3 Å². The molecule has 0 spiro atoms. The van der Waals surface area contributed by atoms with Crippen LogP contribution in [0.5, 0.6) is 0 Å². The molecule has 2 rings (SSSR count). The first-order valence-electron chi connectivity index (χ1n) is 3.02. The minimum Gasteiger partial charge on any atom is -0.331 e. The van der Waals surface area contributed by atoms with Gasteiger partial charge in [-0.2, -0.15) is 0 Å². The highest BCUT2D eigenvalue weighted by atomic mass is 32.2. The summed E-state index contributed by atoms with van der Waals surface area (Å²) in [4.78, 5) is 6.06. The van der Waals surface area contributed by atoms with Gasteiger partial charge in [0.2, 0.25) is 0 Å². The van der Waals surface area contributed by atoms with Crippen LogP contribution in [0, 0.1) is 0 Å². The molecule has 4 heteroatoms. The second-order valence-corrected chi connectivity index (χ2v) is 2.75. The van der Waals surface area contributed by atoms with Crippen LogP contribution < -0.4 is 4.72 Å². The van der Waals surface area contributed by atoms with Crippen molar-refractivity contribution < 1.29 is 0 Å². The third-order valence-corrected chi connectivity index (χ3v) is 2.00. The van der Waals surface area contributed by atoms with Crippen LogP contribution in [0.25, 0.3) is 0 Å². The summed E-state index contributed by atoms with van der Waals surface area (Å²) >= 11 is 1.58. The summed E-state index contributed by atoms with van der Waals surface area (Å²) in [6, 6.07) is 0. The van der Waals surface area contributed by atoms with Crippen LogP contribution in [-0.2, 0) is 0 Å². The SMILES string of the molecule is C1=CN2C=CSNC2C=N1. The normalized spacial score (nSPS) is 28.8. The Bertz CT molecular complexity index is 209. The van der Waals surface area contributed by atoms with Crippen molar-refractivity contribution in [3.8, 4) is 0 Å². The summed E-state index contributed by atoms with van der Waals surface area (Å²) in [6.07, 6.45) is 7.84. The van der Waals surface area contributed by atoms with Crippen LogP contribution in [0.1, 0.15) is 0 Å². The van der Waals surface area contributed by atoms with Gasteiger partial charge in [-0.15, -0.1) is 0 Å². The third-order valence-electron chi connectivity index (χ3n) is 1.36. The number of hydrogen-bond acceptors (Lipinski definition) is 4. The van der Waals surface area contributed by atoms with E-state index in [1.807, 2.05) is 24.0 Å². The maximum absolute atomic E-state index is 4.00. The molecule has 1 N–H and O–H groups in total. The fourth-order valence-corrected chi connectivity index (χ4v) is 1.46. The number of nitrogens with zero attached hydrogens (tertiary/aromatic N) is 2. The lowest BCUT2D eigenvalue weighted by molar-refractivity contribution is 0.433. The average molecular weight is 153 g/mol. The molecule has 0 fully saturated rings. The van der Waals surface area contributed by atoms with E-state index < -0.39 is 0 Å². The zero-order valence-corrected chi connectivity index (χ0v) is 6.08. The minimum absolute atomic E-state index is 0.236. The topological polar surface area (TPSA) is 27.6 Å². The Kier molecular flexibility index (Phi) is 1.49. The van der Waals surface area contributed by atoms with Gasteiger partial charge in [0.25, 0.3) is 0 Å². The van der Waals surface area contributed by atoms with E-state index in [1.54, 1.807) is 18.1 Å². The van der Waals surface area contributed by atoms with E-state index in [2.05, 4.69) is 14.6 Å². The molecular formula is C6H7N3S. The van der Waals surface area contributed by atoms with Crippen molar-refractivity contribution in [2.75, 3.05) is 0 Å². The highest BCUT2D eigenvalue weighted by Gasteiger charge is 2.14. The Hall–Kier alpha value is -0.740.